The number of amides is 2. The zero-order valence-corrected chi connectivity index (χ0v) is 22.7. The third kappa shape index (κ3) is 8.15. The van der Waals surface area contributed by atoms with Crippen molar-refractivity contribution in [2.75, 3.05) is 30.8 Å². The molecule has 2 rings (SSSR count). The molecule has 0 spiro atoms. The van der Waals surface area contributed by atoms with Gasteiger partial charge in [-0.25, -0.2) is 8.42 Å². The third-order valence-electron chi connectivity index (χ3n) is 5.44. The quantitative estimate of drug-likeness (QED) is 0.436. The standard InChI is InChI=1S/C26H37N3O6S/c1-7-24(26(31)27-19(3)4)28(17-20-9-13-22(34-5)14-10-20)25(30)18-29(36(6,32)33)21-11-15-23(16-12-21)35-8-2/h9-16,19,24H,7-8,17-18H2,1-6H3,(H,27,31). The fraction of sp³-hybridized carbons (Fsp3) is 0.462. The fourth-order valence-electron chi connectivity index (χ4n) is 3.72. The van der Waals surface area contributed by atoms with E-state index in [2.05, 4.69) is 5.32 Å². The molecule has 0 aliphatic carbocycles. The molecule has 198 valence electrons. The second kappa shape index (κ2) is 13.2. The smallest absolute Gasteiger partial charge is 0.244 e. The van der Waals surface area contributed by atoms with E-state index in [4.69, 9.17) is 9.47 Å². The van der Waals surface area contributed by atoms with Crippen LogP contribution in [0.3, 0.4) is 0 Å². The fourth-order valence-corrected chi connectivity index (χ4v) is 4.57. The topological polar surface area (TPSA) is 105 Å². The van der Waals surface area contributed by atoms with Crippen molar-refractivity contribution in [2.24, 2.45) is 0 Å². The van der Waals surface area contributed by atoms with Gasteiger partial charge in [-0.1, -0.05) is 19.1 Å². The molecule has 0 bridgehead atoms. The van der Waals surface area contributed by atoms with E-state index in [-0.39, 0.29) is 18.5 Å². The van der Waals surface area contributed by atoms with Crippen molar-refractivity contribution in [2.45, 2.75) is 52.7 Å². The molecule has 0 saturated carbocycles. The Morgan fingerprint density at radius 2 is 1.56 bits per heavy atom. The molecule has 0 aromatic heterocycles. The molecule has 1 atom stereocenters. The second-order valence-corrected chi connectivity index (χ2v) is 10.6. The number of methoxy groups -OCH3 is 1. The monoisotopic (exact) mass is 519 g/mol. The van der Waals surface area contributed by atoms with Crippen molar-refractivity contribution in [3.63, 3.8) is 0 Å². The number of nitrogens with one attached hydrogen (secondary N) is 1. The van der Waals surface area contributed by atoms with Gasteiger partial charge in [0.05, 0.1) is 25.7 Å². The van der Waals surface area contributed by atoms with Crippen molar-refractivity contribution in [1.82, 2.24) is 10.2 Å². The summed E-state index contributed by atoms with van der Waals surface area (Å²) in [4.78, 5) is 28.1. The van der Waals surface area contributed by atoms with Crippen LogP contribution in [-0.2, 0) is 26.2 Å². The van der Waals surface area contributed by atoms with Crippen LogP contribution in [0.4, 0.5) is 5.69 Å². The first kappa shape index (κ1) is 29.0. The minimum Gasteiger partial charge on any atom is -0.497 e. The van der Waals surface area contributed by atoms with Crippen molar-refractivity contribution >= 4 is 27.5 Å². The van der Waals surface area contributed by atoms with Crippen LogP contribution in [0.15, 0.2) is 48.5 Å². The van der Waals surface area contributed by atoms with Gasteiger partial charge in [0.2, 0.25) is 21.8 Å². The molecule has 2 aromatic carbocycles. The molecule has 0 aliphatic rings. The molecule has 0 aliphatic heterocycles. The first-order chi connectivity index (χ1) is 17.0. The largest absolute Gasteiger partial charge is 0.497 e. The Bertz CT molecular complexity index is 1100. The maximum atomic E-state index is 13.7. The van der Waals surface area contributed by atoms with E-state index < -0.39 is 28.5 Å². The lowest BCUT2D eigenvalue weighted by Gasteiger charge is -2.33. The number of carbonyl (C=O) groups excluding carboxylic acids is 2. The van der Waals surface area contributed by atoms with Gasteiger partial charge in [-0.15, -0.1) is 0 Å². The number of anilines is 1. The number of sulfonamides is 1. The normalized spacial score (nSPS) is 12.1. The van der Waals surface area contributed by atoms with Gasteiger partial charge in [-0.05, 0) is 69.2 Å². The molecule has 0 fully saturated rings. The first-order valence-corrected chi connectivity index (χ1v) is 13.8. The average molecular weight is 520 g/mol. The zero-order valence-electron chi connectivity index (χ0n) is 21.9. The maximum absolute atomic E-state index is 13.7. The van der Waals surface area contributed by atoms with Gasteiger partial charge in [-0.2, -0.15) is 0 Å². The van der Waals surface area contributed by atoms with Crippen LogP contribution < -0.4 is 19.1 Å². The minimum atomic E-state index is -3.80. The van der Waals surface area contributed by atoms with Crippen molar-refractivity contribution < 1.29 is 27.5 Å². The van der Waals surface area contributed by atoms with E-state index in [1.807, 2.05) is 39.8 Å². The van der Waals surface area contributed by atoms with Gasteiger partial charge in [0.25, 0.3) is 0 Å². The molecule has 0 saturated heterocycles. The number of nitrogens with zero attached hydrogens (tertiary/aromatic N) is 2. The zero-order chi connectivity index (χ0) is 26.9. The Morgan fingerprint density at radius 3 is 2.03 bits per heavy atom. The van der Waals surface area contributed by atoms with Gasteiger partial charge in [-0.3, -0.25) is 13.9 Å². The predicted octanol–water partition coefficient (Wildman–Crippen LogP) is 3.19. The van der Waals surface area contributed by atoms with Crippen LogP contribution >= 0.6 is 0 Å². The lowest BCUT2D eigenvalue weighted by Crippen LogP contribution is -2.53. The number of ether oxygens (including phenoxy) is 2. The lowest BCUT2D eigenvalue weighted by molar-refractivity contribution is -0.140. The summed E-state index contributed by atoms with van der Waals surface area (Å²) in [6.45, 7) is 7.52. The number of hydrogen-bond donors (Lipinski definition) is 1. The summed E-state index contributed by atoms with van der Waals surface area (Å²) in [6, 6.07) is 12.8. The van der Waals surface area contributed by atoms with E-state index in [1.54, 1.807) is 43.5 Å². The molecular weight excluding hydrogens is 482 g/mol. The van der Waals surface area contributed by atoms with Gasteiger partial charge < -0.3 is 19.7 Å². The summed E-state index contributed by atoms with van der Waals surface area (Å²) in [5, 5.41) is 2.87. The molecule has 0 radical (unpaired) electrons. The Balaban J connectivity index is 2.41. The molecule has 2 amide bonds. The minimum absolute atomic E-state index is 0.110. The van der Waals surface area contributed by atoms with Crippen LogP contribution in [0.5, 0.6) is 11.5 Å². The average Bonchev–Trinajstić information content (AvgIpc) is 2.82. The van der Waals surface area contributed by atoms with Crippen LogP contribution in [0, 0.1) is 0 Å². The van der Waals surface area contributed by atoms with E-state index >= 15 is 0 Å². The molecule has 9 nitrogen and oxygen atoms in total. The highest BCUT2D eigenvalue weighted by Gasteiger charge is 2.32. The van der Waals surface area contributed by atoms with Crippen molar-refractivity contribution in [3.05, 3.63) is 54.1 Å². The summed E-state index contributed by atoms with van der Waals surface area (Å²) >= 11 is 0. The summed E-state index contributed by atoms with van der Waals surface area (Å²) in [7, 11) is -2.23. The Morgan fingerprint density at radius 1 is 0.972 bits per heavy atom. The van der Waals surface area contributed by atoms with Crippen molar-refractivity contribution in [3.8, 4) is 11.5 Å². The van der Waals surface area contributed by atoms with E-state index in [1.165, 1.54) is 4.90 Å². The number of hydrogen-bond acceptors (Lipinski definition) is 6. The summed E-state index contributed by atoms with van der Waals surface area (Å²) in [5.74, 6) is 0.482. The number of carbonyl (C=O) groups is 2. The Hall–Kier alpha value is -3.27. The van der Waals surface area contributed by atoms with E-state index in [0.717, 1.165) is 16.1 Å². The van der Waals surface area contributed by atoms with Crippen molar-refractivity contribution in [1.29, 1.82) is 0 Å². The van der Waals surface area contributed by atoms with Crippen LogP contribution in [-0.4, -0.2) is 63.7 Å². The highest BCUT2D eigenvalue weighted by Crippen LogP contribution is 2.23. The Labute approximate surface area is 214 Å². The summed E-state index contributed by atoms with van der Waals surface area (Å²) < 4.78 is 37.0. The highest BCUT2D eigenvalue weighted by molar-refractivity contribution is 7.92. The Kier molecular flexibility index (Phi) is 10.6. The molecule has 10 heteroatoms. The molecule has 1 unspecified atom stereocenters. The number of rotatable bonds is 13. The van der Waals surface area contributed by atoms with E-state index in [9.17, 15) is 18.0 Å². The van der Waals surface area contributed by atoms with E-state index in [0.29, 0.717) is 30.2 Å². The molecule has 1 N–H and O–H groups in total. The van der Waals surface area contributed by atoms with Gasteiger partial charge >= 0.3 is 0 Å². The van der Waals surface area contributed by atoms with Crippen LogP contribution in [0.25, 0.3) is 0 Å². The second-order valence-electron chi connectivity index (χ2n) is 8.65. The van der Waals surface area contributed by atoms with Gasteiger partial charge in [0, 0.05) is 12.6 Å². The van der Waals surface area contributed by atoms with Crippen LogP contribution in [0.1, 0.15) is 39.7 Å². The molecule has 36 heavy (non-hydrogen) atoms. The SMILES string of the molecule is CCOc1ccc(N(CC(=O)N(Cc2ccc(OC)cc2)C(CC)C(=O)NC(C)C)S(C)(=O)=O)cc1. The first-order valence-electron chi connectivity index (χ1n) is 11.9. The summed E-state index contributed by atoms with van der Waals surface area (Å²) in [5.41, 5.74) is 1.12. The molecule has 2 aromatic rings. The molecular formula is C26H37N3O6S. The highest BCUT2D eigenvalue weighted by atomic mass is 32.2. The maximum Gasteiger partial charge on any atom is 0.244 e. The molecule has 0 heterocycles. The number of benzene rings is 2. The van der Waals surface area contributed by atoms with Crippen LogP contribution in [0.2, 0.25) is 0 Å². The summed E-state index contributed by atoms with van der Waals surface area (Å²) in [6.07, 6.45) is 1.41. The predicted molar refractivity (Wildman–Crippen MR) is 141 cm³/mol. The lowest BCUT2D eigenvalue weighted by atomic mass is 10.1. The van der Waals surface area contributed by atoms with Gasteiger partial charge in [0.15, 0.2) is 0 Å². The third-order valence-corrected chi connectivity index (χ3v) is 6.58. The van der Waals surface area contributed by atoms with Gasteiger partial charge in [0.1, 0.15) is 24.1 Å².